The molecule has 0 aliphatic carbocycles. The number of methoxy groups -OCH3 is 1. The second-order valence-corrected chi connectivity index (χ2v) is 4.11. The van der Waals surface area contributed by atoms with E-state index in [0.29, 0.717) is 5.82 Å². The first kappa shape index (κ1) is 11.2. The van der Waals surface area contributed by atoms with Crippen molar-refractivity contribution in [2.75, 3.05) is 7.11 Å². The Morgan fingerprint density at radius 3 is 2.88 bits per heavy atom. The Bertz CT molecular complexity index is 496. The number of hydrogen-bond acceptors (Lipinski definition) is 3. The highest BCUT2D eigenvalue weighted by Gasteiger charge is 2.05. The second kappa shape index (κ2) is 4.67. The van der Waals surface area contributed by atoms with Gasteiger partial charge in [0.2, 0.25) is 0 Å². The summed E-state index contributed by atoms with van der Waals surface area (Å²) in [6.45, 7) is -0.0860. The number of aliphatic hydroxyl groups excluding tert-OH is 1. The van der Waals surface area contributed by atoms with Gasteiger partial charge in [-0.2, -0.15) is 0 Å². The first-order valence-electron chi connectivity index (χ1n) is 4.73. The van der Waals surface area contributed by atoms with Gasteiger partial charge in [0.25, 0.3) is 0 Å². The zero-order valence-corrected chi connectivity index (χ0v) is 10.3. The van der Waals surface area contributed by atoms with E-state index in [2.05, 4.69) is 25.9 Å². The van der Waals surface area contributed by atoms with Crippen LogP contribution < -0.4 is 4.74 Å². The maximum Gasteiger partial charge on any atom is 0.133 e. The number of aliphatic hydroxyl groups is 1. The van der Waals surface area contributed by atoms with Crippen molar-refractivity contribution in [2.24, 2.45) is 0 Å². The third-order valence-corrected chi connectivity index (χ3v) is 2.86. The van der Waals surface area contributed by atoms with E-state index in [1.807, 2.05) is 18.2 Å². The van der Waals surface area contributed by atoms with Crippen molar-refractivity contribution in [1.82, 2.24) is 9.97 Å². The van der Waals surface area contributed by atoms with Crippen molar-refractivity contribution in [3.05, 3.63) is 34.7 Å². The molecule has 0 radical (unpaired) electrons. The van der Waals surface area contributed by atoms with E-state index in [-0.39, 0.29) is 6.61 Å². The molecule has 16 heavy (non-hydrogen) atoms. The number of imidazole rings is 1. The van der Waals surface area contributed by atoms with Crippen LogP contribution in [0.1, 0.15) is 5.82 Å². The molecule has 84 valence electrons. The SMILES string of the molecule is COc1ccc(-c2cnc(CO)[nH]2)cc1Br. The summed E-state index contributed by atoms with van der Waals surface area (Å²) < 4.78 is 6.03. The predicted molar refractivity (Wildman–Crippen MR) is 64.2 cm³/mol. The largest absolute Gasteiger partial charge is 0.496 e. The summed E-state index contributed by atoms with van der Waals surface area (Å²) in [5.74, 6) is 1.34. The first-order chi connectivity index (χ1) is 7.74. The lowest BCUT2D eigenvalue weighted by Gasteiger charge is -2.04. The topological polar surface area (TPSA) is 58.1 Å². The van der Waals surface area contributed by atoms with Crippen molar-refractivity contribution in [3.63, 3.8) is 0 Å². The number of nitrogens with zero attached hydrogens (tertiary/aromatic N) is 1. The van der Waals surface area contributed by atoms with E-state index in [0.717, 1.165) is 21.5 Å². The van der Waals surface area contributed by atoms with Crippen molar-refractivity contribution in [1.29, 1.82) is 0 Å². The number of aromatic nitrogens is 2. The van der Waals surface area contributed by atoms with Crippen LogP contribution in [-0.4, -0.2) is 22.2 Å². The first-order valence-corrected chi connectivity index (χ1v) is 5.52. The molecule has 4 nitrogen and oxygen atoms in total. The van der Waals surface area contributed by atoms with Crippen LogP contribution in [0.3, 0.4) is 0 Å². The maximum atomic E-state index is 8.91. The van der Waals surface area contributed by atoms with Crippen LogP contribution in [-0.2, 0) is 6.61 Å². The molecule has 0 bridgehead atoms. The highest BCUT2D eigenvalue weighted by Crippen LogP contribution is 2.29. The zero-order chi connectivity index (χ0) is 11.5. The Hall–Kier alpha value is -1.33. The summed E-state index contributed by atoms with van der Waals surface area (Å²) in [5, 5.41) is 8.91. The molecule has 2 rings (SSSR count). The molecule has 0 amide bonds. The van der Waals surface area contributed by atoms with Crippen LogP contribution in [0.25, 0.3) is 11.3 Å². The van der Waals surface area contributed by atoms with Gasteiger partial charge in [-0.15, -0.1) is 0 Å². The van der Waals surface area contributed by atoms with E-state index in [9.17, 15) is 0 Å². The van der Waals surface area contributed by atoms with Crippen molar-refractivity contribution >= 4 is 15.9 Å². The zero-order valence-electron chi connectivity index (χ0n) is 8.70. The van der Waals surface area contributed by atoms with Crippen LogP contribution in [0.5, 0.6) is 5.75 Å². The number of nitrogens with one attached hydrogen (secondary N) is 1. The number of rotatable bonds is 3. The number of halogens is 1. The van der Waals surface area contributed by atoms with Crippen LogP contribution >= 0.6 is 15.9 Å². The Balaban J connectivity index is 2.37. The minimum atomic E-state index is -0.0860. The molecule has 0 saturated heterocycles. The Kier molecular flexibility index (Phi) is 3.26. The summed E-state index contributed by atoms with van der Waals surface area (Å²) in [7, 11) is 1.62. The summed E-state index contributed by atoms with van der Waals surface area (Å²) in [6.07, 6.45) is 1.69. The molecule has 1 heterocycles. The lowest BCUT2D eigenvalue weighted by molar-refractivity contribution is 0.272. The predicted octanol–water partition coefficient (Wildman–Crippen LogP) is 2.34. The highest BCUT2D eigenvalue weighted by atomic mass is 79.9. The van der Waals surface area contributed by atoms with Crippen molar-refractivity contribution < 1.29 is 9.84 Å². The van der Waals surface area contributed by atoms with Gasteiger partial charge in [0.15, 0.2) is 0 Å². The molecule has 0 spiro atoms. The minimum absolute atomic E-state index is 0.0860. The molecule has 0 saturated carbocycles. The van der Waals surface area contributed by atoms with Gasteiger partial charge in [-0.05, 0) is 34.1 Å². The molecule has 5 heteroatoms. The van der Waals surface area contributed by atoms with Gasteiger partial charge >= 0.3 is 0 Å². The third-order valence-electron chi connectivity index (χ3n) is 2.24. The Morgan fingerprint density at radius 2 is 2.31 bits per heavy atom. The molecule has 0 atom stereocenters. The van der Waals surface area contributed by atoms with Gasteiger partial charge in [0.05, 0.1) is 23.5 Å². The van der Waals surface area contributed by atoms with Crippen LogP contribution in [0.4, 0.5) is 0 Å². The van der Waals surface area contributed by atoms with E-state index < -0.39 is 0 Å². The quantitative estimate of drug-likeness (QED) is 0.909. The van der Waals surface area contributed by atoms with E-state index in [1.165, 1.54) is 0 Å². The van der Waals surface area contributed by atoms with Gasteiger partial charge in [-0.25, -0.2) is 4.98 Å². The number of aromatic amines is 1. The fourth-order valence-electron chi connectivity index (χ4n) is 1.42. The molecule has 0 unspecified atom stereocenters. The van der Waals surface area contributed by atoms with Crippen molar-refractivity contribution in [3.8, 4) is 17.0 Å². The van der Waals surface area contributed by atoms with Gasteiger partial charge in [0.1, 0.15) is 18.2 Å². The normalized spacial score (nSPS) is 10.4. The summed E-state index contributed by atoms with van der Waals surface area (Å²) >= 11 is 3.42. The van der Waals surface area contributed by atoms with Crippen molar-refractivity contribution in [2.45, 2.75) is 6.61 Å². The average Bonchev–Trinajstić information content (AvgIpc) is 2.77. The Morgan fingerprint density at radius 1 is 1.50 bits per heavy atom. The standard InChI is InChI=1S/C11H11BrN2O2/c1-16-10-3-2-7(4-8(10)12)9-5-13-11(6-15)14-9/h2-5,15H,6H2,1H3,(H,13,14). The van der Waals surface area contributed by atoms with E-state index in [1.54, 1.807) is 13.3 Å². The maximum absolute atomic E-state index is 8.91. The fourth-order valence-corrected chi connectivity index (χ4v) is 1.96. The van der Waals surface area contributed by atoms with Crippen LogP contribution in [0.2, 0.25) is 0 Å². The third kappa shape index (κ3) is 2.10. The van der Waals surface area contributed by atoms with E-state index >= 15 is 0 Å². The van der Waals surface area contributed by atoms with Crippen LogP contribution in [0, 0.1) is 0 Å². The summed E-state index contributed by atoms with van der Waals surface area (Å²) in [6, 6.07) is 5.74. The second-order valence-electron chi connectivity index (χ2n) is 3.25. The lowest BCUT2D eigenvalue weighted by atomic mass is 10.2. The number of H-pyrrole nitrogens is 1. The van der Waals surface area contributed by atoms with Gasteiger partial charge < -0.3 is 14.8 Å². The smallest absolute Gasteiger partial charge is 0.133 e. The van der Waals surface area contributed by atoms with Gasteiger partial charge in [0, 0.05) is 5.56 Å². The molecule has 0 aliphatic rings. The monoisotopic (exact) mass is 282 g/mol. The molecule has 0 aliphatic heterocycles. The molecular weight excluding hydrogens is 272 g/mol. The number of hydrogen-bond donors (Lipinski definition) is 2. The minimum Gasteiger partial charge on any atom is -0.496 e. The van der Waals surface area contributed by atoms with E-state index in [4.69, 9.17) is 9.84 Å². The molecular formula is C11H11BrN2O2. The molecule has 2 aromatic rings. The fraction of sp³-hybridized carbons (Fsp3) is 0.182. The molecule has 1 aromatic carbocycles. The molecule has 2 N–H and O–H groups in total. The molecule has 1 aromatic heterocycles. The lowest BCUT2D eigenvalue weighted by Crippen LogP contribution is -1.87. The summed E-state index contributed by atoms with van der Waals surface area (Å²) in [5.41, 5.74) is 1.85. The molecule has 0 fully saturated rings. The Labute approximate surface area is 101 Å². The number of ether oxygens (including phenoxy) is 1. The van der Waals surface area contributed by atoms with Gasteiger partial charge in [-0.1, -0.05) is 0 Å². The van der Waals surface area contributed by atoms with Gasteiger partial charge in [-0.3, -0.25) is 0 Å². The summed E-state index contributed by atoms with van der Waals surface area (Å²) in [4.78, 5) is 7.05. The van der Waals surface area contributed by atoms with Crippen LogP contribution in [0.15, 0.2) is 28.9 Å². The highest BCUT2D eigenvalue weighted by molar-refractivity contribution is 9.10. The average molecular weight is 283 g/mol. The number of benzene rings is 1.